The Morgan fingerprint density at radius 1 is 0.219 bits per heavy atom. The zero-order valence-corrected chi connectivity index (χ0v) is 41.4. The molecule has 14 nitrogen and oxygen atoms in total. The number of hydrogen-bond acceptors (Lipinski definition) is 14. The average molecular weight is 925 g/mol. The Morgan fingerprint density at radius 2 is 0.406 bits per heavy atom. The molecule has 0 unspecified atom stereocenters. The van der Waals surface area contributed by atoms with E-state index in [0.29, 0.717) is 158 Å². The molecule has 0 saturated carbocycles. The molecule has 0 rings (SSSR count). The minimum absolute atomic E-state index is 0.146. The van der Waals surface area contributed by atoms with Gasteiger partial charge in [0.2, 0.25) is 0 Å². The smallest absolute Gasteiger partial charge is 0.305 e. The lowest BCUT2D eigenvalue weighted by Crippen LogP contribution is -2.15. The van der Waals surface area contributed by atoms with E-state index in [-0.39, 0.29) is 12.6 Å². The van der Waals surface area contributed by atoms with Crippen molar-refractivity contribution in [3.63, 3.8) is 0 Å². The first-order chi connectivity index (χ1) is 31.8. The molecule has 0 spiro atoms. The third-order valence-electron chi connectivity index (χ3n) is 10.2. The molecule has 0 aliphatic rings. The number of esters is 1. The maximum atomic E-state index is 11.6. The first kappa shape index (κ1) is 63.0. The van der Waals surface area contributed by atoms with E-state index < -0.39 is 0 Å². The highest BCUT2D eigenvalue weighted by atomic mass is 16.6. The van der Waals surface area contributed by atoms with Crippen molar-refractivity contribution in [3.8, 4) is 0 Å². The highest BCUT2D eigenvalue weighted by Gasteiger charge is 2.03. The van der Waals surface area contributed by atoms with Crippen LogP contribution < -0.4 is 0 Å². The minimum atomic E-state index is -0.146. The van der Waals surface area contributed by atoms with Crippen LogP contribution in [-0.4, -0.2) is 171 Å². The lowest BCUT2D eigenvalue weighted by atomic mass is 10.0. The highest BCUT2D eigenvalue weighted by Crippen LogP contribution is 2.14. The molecule has 64 heavy (non-hydrogen) atoms. The van der Waals surface area contributed by atoms with Crippen LogP contribution in [0.25, 0.3) is 0 Å². The normalized spacial score (nSPS) is 11.6. The van der Waals surface area contributed by atoms with Crippen LogP contribution in [0.15, 0.2) is 0 Å². The van der Waals surface area contributed by atoms with Crippen molar-refractivity contribution >= 4 is 5.97 Å². The third-order valence-corrected chi connectivity index (χ3v) is 10.2. The summed E-state index contributed by atoms with van der Waals surface area (Å²) in [5, 5.41) is 0. The van der Waals surface area contributed by atoms with Crippen molar-refractivity contribution in [3.05, 3.63) is 0 Å². The van der Waals surface area contributed by atoms with E-state index in [1.54, 1.807) is 0 Å². The molecule has 0 aliphatic carbocycles. The summed E-state index contributed by atoms with van der Waals surface area (Å²) in [6, 6.07) is 0. The van der Waals surface area contributed by atoms with Gasteiger partial charge >= 0.3 is 5.97 Å². The zero-order valence-electron chi connectivity index (χ0n) is 41.4. The van der Waals surface area contributed by atoms with Gasteiger partial charge < -0.3 is 61.6 Å². The average Bonchev–Trinajstić information content (AvgIpc) is 3.30. The maximum absolute atomic E-state index is 11.6. The Labute approximate surface area is 391 Å². The van der Waals surface area contributed by atoms with Gasteiger partial charge in [0.05, 0.1) is 152 Å². The highest BCUT2D eigenvalue weighted by molar-refractivity contribution is 5.69. The van der Waals surface area contributed by atoms with Crippen molar-refractivity contribution in [2.24, 2.45) is 0 Å². The monoisotopic (exact) mass is 925 g/mol. The summed E-state index contributed by atoms with van der Waals surface area (Å²) in [6.07, 6.45) is 28.2. The number of unbranched alkanes of at least 4 members (excludes halogenated alkanes) is 19. The van der Waals surface area contributed by atoms with E-state index in [4.69, 9.17) is 61.6 Å². The molecule has 0 bridgehead atoms. The second kappa shape index (κ2) is 60.0. The van der Waals surface area contributed by atoms with Gasteiger partial charge in [-0.2, -0.15) is 0 Å². The fourth-order valence-corrected chi connectivity index (χ4v) is 6.43. The lowest BCUT2D eigenvalue weighted by Gasteiger charge is -2.09. The fourth-order valence-electron chi connectivity index (χ4n) is 6.43. The number of hydrogen-bond donors (Lipinski definition) is 0. The summed E-state index contributed by atoms with van der Waals surface area (Å²) in [5.74, 6) is -0.146. The Kier molecular flexibility index (Phi) is 59.1. The van der Waals surface area contributed by atoms with Gasteiger partial charge in [-0.15, -0.1) is 0 Å². The quantitative estimate of drug-likeness (QED) is 0.0423. The van der Waals surface area contributed by atoms with Crippen molar-refractivity contribution in [2.45, 2.75) is 155 Å². The lowest BCUT2D eigenvalue weighted by molar-refractivity contribution is -0.145. The van der Waals surface area contributed by atoms with Crippen LogP contribution in [0.5, 0.6) is 0 Å². The molecular weight excluding hydrogens is 825 g/mol. The summed E-state index contributed by atoms with van der Waals surface area (Å²) >= 11 is 0. The molecule has 0 saturated heterocycles. The summed E-state index contributed by atoms with van der Waals surface area (Å²) in [4.78, 5) is 11.6. The van der Waals surface area contributed by atoms with Gasteiger partial charge in [-0.1, -0.05) is 136 Å². The molecular formula is C50H100O14. The fraction of sp³-hybridized carbons (Fsp3) is 0.980. The standard InChI is InChI=1S/C50H100O14/c1-3-5-7-9-10-11-12-13-14-15-16-17-18-19-21-23-25-52-26-27-53-28-29-54-30-31-55-32-33-56-34-35-57-36-37-58-38-39-59-40-41-60-42-43-61-44-45-62-46-47-63-48-49-64-50(51)24-22-20-8-6-4-2/h3-49H2,1-2H3. The van der Waals surface area contributed by atoms with Crippen LogP contribution in [-0.2, 0) is 66.4 Å². The molecule has 0 radical (unpaired) electrons. The van der Waals surface area contributed by atoms with Crippen LogP contribution in [0, 0.1) is 0 Å². The number of ether oxygens (including phenoxy) is 13. The first-order valence-electron chi connectivity index (χ1n) is 25.9. The van der Waals surface area contributed by atoms with Gasteiger partial charge in [-0.25, -0.2) is 0 Å². The zero-order chi connectivity index (χ0) is 46.0. The van der Waals surface area contributed by atoms with Crippen LogP contribution in [0.4, 0.5) is 0 Å². The van der Waals surface area contributed by atoms with Gasteiger partial charge in [0.1, 0.15) is 6.61 Å². The number of carbonyl (C=O) groups is 1. The Balaban J connectivity index is 3.09. The summed E-state index contributed by atoms with van der Waals surface area (Å²) in [6.45, 7) is 17.4. The molecule has 0 heterocycles. The maximum Gasteiger partial charge on any atom is 0.305 e. The summed E-state index contributed by atoms with van der Waals surface area (Å²) < 4.78 is 71.6. The second-order valence-corrected chi connectivity index (χ2v) is 16.0. The molecule has 0 aromatic rings. The predicted octanol–water partition coefficient (Wildman–Crippen LogP) is 9.35. The van der Waals surface area contributed by atoms with E-state index >= 15 is 0 Å². The molecule has 14 heteroatoms. The van der Waals surface area contributed by atoms with Crippen LogP contribution in [0.3, 0.4) is 0 Å². The molecule has 384 valence electrons. The molecule has 0 aromatic heterocycles. The molecule has 0 amide bonds. The van der Waals surface area contributed by atoms with Crippen molar-refractivity contribution in [1.29, 1.82) is 0 Å². The van der Waals surface area contributed by atoms with Crippen molar-refractivity contribution < 1.29 is 66.4 Å². The Bertz CT molecular complexity index is 842. The largest absolute Gasteiger partial charge is 0.463 e. The molecule has 0 aliphatic heterocycles. The van der Waals surface area contributed by atoms with E-state index in [2.05, 4.69) is 13.8 Å². The van der Waals surface area contributed by atoms with Gasteiger partial charge in [0, 0.05) is 13.0 Å². The van der Waals surface area contributed by atoms with Gasteiger partial charge in [-0.3, -0.25) is 4.79 Å². The Hall–Kier alpha value is -1.01. The van der Waals surface area contributed by atoms with Gasteiger partial charge in [0.25, 0.3) is 0 Å². The second-order valence-electron chi connectivity index (χ2n) is 16.0. The van der Waals surface area contributed by atoms with Gasteiger partial charge in [0.15, 0.2) is 0 Å². The van der Waals surface area contributed by atoms with E-state index in [9.17, 15) is 4.79 Å². The first-order valence-corrected chi connectivity index (χ1v) is 25.9. The number of carbonyl (C=O) groups excluding carboxylic acids is 1. The molecule has 0 atom stereocenters. The van der Waals surface area contributed by atoms with Crippen LogP contribution in [0.1, 0.15) is 155 Å². The Morgan fingerprint density at radius 3 is 0.656 bits per heavy atom. The third kappa shape index (κ3) is 59.0. The van der Waals surface area contributed by atoms with E-state index in [1.165, 1.54) is 116 Å². The molecule has 0 aromatic carbocycles. The summed E-state index contributed by atoms with van der Waals surface area (Å²) in [5.41, 5.74) is 0. The van der Waals surface area contributed by atoms with Crippen LogP contribution >= 0.6 is 0 Å². The number of rotatable bonds is 59. The molecule has 0 fully saturated rings. The van der Waals surface area contributed by atoms with Crippen molar-refractivity contribution in [1.82, 2.24) is 0 Å². The minimum Gasteiger partial charge on any atom is -0.463 e. The summed E-state index contributed by atoms with van der Waals surface area (Å²) in [7, 11) is 0. The van der Waals surface area contributed by atoms with Crippen molar-refractivity contribution in [2.75, 3.05) is 165 Å². The van der Waals surface area contributed by atoms with Gasteiger partial charge in [-0.05, 0) is 12.8 Å². The van der Waals surface area contributed by atoms with E-state index in [0.717, 1.165) is 25.9 Å². The predicted molar refractivity (Wildman–Crippen MR) is 254 cm³/mol. The van der Waals surface area contributed by atoms with Crippen LogP contribution in [0.2, 0.25) is 0 Å². The topological polar surface area (TPSA) is 137 Å². The van der Waals surface area contributed by atoms with E-state index in [1.807, 2.05) is 0 Å². The molecule has 0 N–H and O–H groups in total. The SMILES string of the molecule is CCCCCCCCCCCCCCCCCCOCCOCCOCCOCCOCCOCCOCCOCCOCCOCCOCCOCCOC(=O)CCCCCCC.